The zero-order valence-electron chi connectivity index (χ0n) is 17.9. The van der Waals surface area contributed by atoms with Gasteiger partial charge in [-0.1, -0.05) is 58.3 Å². The third kappa shape index (κ3) is 30.3. The molecule has 0 aliphatic carbocycles. The first-order valence-electron chi connectivity index (χ1n) is 10.3. The molecule has 0 spiro atoms. The molecule has 0 aromatic heterocycles. The van der Waals surface area contributed by atoms with Gasteiger partial charge in [-0.2, -0.15) is 0 Å². The molecular weight excluding hydrogens is 388 g/mol. The number of nitrogens with one attached hydrogen (secondary N) is 1. The minimum absolute atomic E-state index is 0.195. The van der Waals surface area contributed by atoms with E-state index < -0.39 is 10.2 Å². The van der Waals surface area contributed by atoms with Crippen molar-refractivity contribution in [3.8, 4) is 0 Å². The van der Waals surface area contributed by atoms with Gasteiger partial charge in [0, 0.05) is 19.4 Å². The number of carbonyl (C=O) groups is 1. The van der Waals surface area contributed by atoms with E-state index in [1.807, 2.05) is 0 Å². The van der Waals surface area contributed by atoms with Crippen LogP contribution >= 0.6 is 0 Å². The Morgan fingerprint density at radius 2 is 1.32 bits per heavy atom. The van der Waals surface area contributed by atoms with Gasteiger partial charge in [-0.25, -0.2) is 18.6 Å². The van der Waals surface area contributed by atoms with E-state index in [-0.39, 0.29) is 12.5 Å². The molecule has 0 saturated heterocycles. The average Bonchev–Trinajstić information content (AvgIpc) is 2.56. The van der Waals surface area contributed by atoms with Crippen molar-refractivity contribution in [2.75, 3.05) is 40.3 Å². The van der Waals surface area contributed by atoms with Gasteiger partial charge < -0.3 is 14.9 Å². The summed E-state index contributed by atoms with van der Waals surface area (Å²) in [5, 5.41) is 12.0. The third-order valence-electron chi connectivity index (χ3n) is 4.48. The van der Waals surface area contributed by atoms with Crippen LogP contribution in [0.3, 0.4) is 0 Å². The molecule has 0 unspecified atom stereocenters. The van der Waals surface area contributed by atoms with Crippen molar-refractivity contribution in [3.63, 3.8) is 0 Å². The standard InChI is InChI=1S/C19H40N2O2.ClHO4/c1-4-5-6-7-8-9-10-11-12-14-19(23)20-15-13-16-21(2,3)17-18-22;2-1(3,4)5/h22H,4-18H2,1-3H3;(H,2,3,4,5). The Morgan fingerprint density at radius 3 is 1.79 bits per heavy atom. The van der Waals surface area contributed by atoms with E-state index in [0.29, 0.717) is 6.42 Å². The maximum Gasteiger partial charge on any atom is 0.219 e. The van der Waals surface area contributed by atoms with Crippen LogP contribution in [0.4, 0.5) is 0 Å². The summed E-state index contributed by atoms with van der Waals surface area (Å²) in [6.07, 6.45) is 13.2. The number of aliphatic hydroxyl groups is 1. The molecule has 0 aliphatic heterocycles. The monoisotopic (exact) mass is 428 g/mol. The summed E-state index contributed by atoms with van der Waals surface area (Å²) in [4.78, 5) is 11.7. The Hall–Kier alpha value is -0.480. The molecule has 0 heterocycles. The van der Waals surface area contributed by atoms with Crippen LogP contribution in [0.25, 0.3) is 0 Å². The zero-order valence-corrected chi connectivity index (χ0v) is 18.7. The number of halogens is 1. The number of hydrogen-bond acceptors (Lipinski definition) is 6. The minimum Gasteiger partial charge on any atom is -0.391 e. The fourth-order valence-corrected chi connectivity index (χ4v) is 2.80. The smallest absolute Gasteiger partial charge is 0.219 e. The Bertz CT molecular complexity index is 359. The van der Waals surface area contributed by atoms with Crippen LogP contribution in [0.5, 0.6) is 0 Å². The first-order valence-corrected chi connectivity index (χ1v) is 11.6. The van der Waals surface area contributed by atoms with Gasteiger partial charge in [-0.3, -0.25) is 4.79 Å². The quantitative estimate of drug-likeness (QED) is 0.232. The molecule has 0 fully saturated rings. The maximum absolute atomic E-state index is 11.7. The van der Waals surface area contributed by atoms with Crippen molar-refractivity contribution in [3.05, 3.63) is 0 Å². The van der Waals surface area contributed by atoms with Gasteiger partial charge in [0.1, 0.15) is 6.54 Å². The summed E-state index contributed by atoms with van der Waals surface area (Å²) in [6.45, 7) is 4.98. The average molecular weight is 429 g/mol. The van der Waals surface area contributed by atoms with E-state index in [4.69, 9.17) is 23.7 Å². The van der Waals surface area contributed by atoms with Gasteiger partial charge in [0.15, 0.2) is 0 Å². The lowest BCUT2D eigenvalue weighted by Gasteiger charge is -2.28. The summed E-state index contributed by atoms with van der Waals surface area (Å²) in [5.41, 5.74) is 0. The molecule has 170 valence electrons. The number of carbonyl (C=O) groups excluding carboxylic acids is 1. The minimum atomic E-state index is -4.94. The molecule has 0 radical (unpaired) electrons. The first-order chi connectivity index (χ1) is 13.0. The van der Waals surface area contributed by atoms with Crippen molar-refractivity contribution in [2.45, 2.75) is 77.6 Å². The van der Waals surface area contributed by atoms with Gasteiger partial charge in [-0.15, -0.1) is 10.2 Å². The van der Waals surface area contributed by atoms with Gasteiger partial charge in [0.05, 0.1) is 27.2 Å². The lowest BCUT2D eigenvalue weighted by atomic mass is 10.1. The van der Waals surface area contributed by atoms with Crippen LogP contribution in [0, 0.1) is 10.2 Å². The molecule has 0 bridgehead atoms. The topological polar surface area (TPSA) is 142 Å². The van der Waals surface area contributed by atoms with E-state index in [1.165, 1.54) is 51.4 Å². The van der Waals surface area contributed by atoms with Gasteiger partial charge in [0.2, 0.25) is 5.91 Å². The second-order valence-corrected chi connectivity index (χ2v) is 8.52. The Morgan fingerprint density at radius 1 is 0.857 bits per heavy atom. The molecule has 0 aromatic carbocycles. The van der Waals surface area contributed by atoms with Crippen LogP contribution in [0.2, 0.25) is 0 Å². The number of nitrogens with zero attached hydrogens (tertiary/aromatic N) is 1. The van der Waals surface area contributed by atoms with E-state index in [9.17, 15) is 4.79 Å². The normalized spacial score (nSPS) is 11.7. The molecule has 9 heteroatoms. The molecule has 0 rings (SSSR count). The lowest BCUT2D eigenvalue weighted by Crippen LogP contribution is -2.68. The summed E-state index contributed by atoms with van der Waals surface area (Å²) >= 11 is 0. The highest BCUT2D eigenvalue weighted by Gasteiger charge is 2.13. The van der Waals surface area contributed by atoms with Crippen molar-refractivity contribution < 1.29 is 43.3 Å². The van der Waals surface area contributed by atoms with Crippen molar-refractivity contribution >= 4 is 5.91 Å². The zero-order chi connectivity index (χ0) is 21.9. The number of hydrogen-bond donors (Lipinski definition) is 2. The predicted molar refractivity (Wildman–Crippen MR) is 98.4 cm³/mol. The molecule has 0 saturated carbocycles. The van der Waals surface area contributed by atoms with Gasteiger partial charge in [-0.05, 0) is 6.42 Å². The molecule has 0 atom stereocenters. The predicted octanol–water partition coefficient (Wildman–Crippen LogP) is -1.27. The Kier molecular flexibility index (Phi) is 19.7. The highest BCUT2D eigenvalue weighted by molar-refractivity contribution is 5.75. The van der Waals surface area contributed by atoms with Gasteiger partial charge >= 0.3 is 0 Å². The number of unbranched alkanes of at least 4 members (excludes halogenated alkanes) is 8. The summed E-state index contributed by atoms with van der Waals surface area (Å²) in [5.74, 6) is 0.195. The molecule has 2 N–H and O–H groups in total. The third-order valence-corrected chi connectivity index (χ3v) is 4.48. The summed E-state index contributed by atoms with van der Waals surface area (Å²) < 4.78 is 34.8. The SMILES string of the molecule is CCCCCCCCCCCC(=O)NCCC[N+](C)(C)CCO.[O-][Cl+3]([O-])([O-])[O-]. The Balaban J connectivity index is 0. The fraction of sp³-hybridized carbons (Fsp3) is 0.947. The number of quaternary nitrogens is 1. The number of likely N-dealkylation sites (N-methyl/N-ethyl adjacent to an activating group) is 1. The number of amides is 1. The second-order valence-electron chi connectivity index (χ2n) is 7.77. The van der Waals surface area contributed by atoms with E-state index in [1.54, 1.807) is 0 Å². The van der Waals surface area contributed by atoms with Crippen LogP contribution in [0.15, 0.2) is 0 Å². The van der Waals surface area contributed by atoms with Gasteiger partial charge in [0.25, 0.3) is 0 Å². The maximum atomic E-state index is 11.7. The molecular formula is C19H41ClN2O6. The Labute approximate surface area is 172 Å². The van der Waals surface area contributed by atoms with Crippen LogP contribution in [0.1, 0.15) is 77.6 Å². The largest absolute Gasteiger partial charge is 0.391 e. The molecule has 1 amide bonds. The summed E-state index contributed by atoms with van der Waals surface area (Å²) in [7, 11) is -0.722. The second kappa shape index (κ2) is 18.5. The highest BCUT2D eigenvalue weighted by Crippen LogP contribution is 2.10. The van der Waals surface area contributed by atoms with Crippen LogP contribution < -0.4 is 24.0 Å². The highest BCUT2D eigenvalue weighted by atomic mass is 35.7. The van der Waals surface area contributed by atoms with Crippen molar-refractivity contribution in [2.24, 2.45) is 0 Å². The molecule has 28 heavy (non-hydrogen) atoms. The van der Waals surface area contributed by atoms with E-state index in [2.05, 4.69) is 26.3 Å². The fourth-order valence-electron chi connectivity index (χ4n) is 2.80. The van der Waals surface area contributed by atoms with Crippen LogP contribution in [-0.4, -0.2) is 55.8 Å². The molecule has 0 aliphatic rings. The van der Waals surface area contributed by atoms with E-state index in [0.717, 1.165) is 37.0 Å². The number of rotatable bonds is 16. The van der Waals surface area contributed by atoms with Crippen molar-refractivity contribution in [1.29, 1.82) is 0 Å². The van der Waals surface area contributed by atoms with Crippen molar-refractivity contribution in [1.82, 2.24) is 5.32 Å². The van der Waals surface area contributed by atoms with Crippen LogP contribution in [-0.2, 0) is 4.79 Å². The molecule has 0 aromatic rings. The molecule has 8 nitrogen and oxygen atoms in total. The summed E-state index contributed by atoms with van der Waals surface area (Å²) in [6, 6.07) is 0. The van der Waals surface area contributed by atoms with E-state index >= 15 is 0 Å². The lowest BCUT2D eigenvalue weighted by molar-refractivity contribution is -2.00. The first kappa shape index (κ1) is 29.7. The number of aliphatic hydroxyl groups excluding tert-OH is 1.